The van der Waals surface area contributed by atoms with Gasteiger partial charge in [-0.1, -0.05) is 50.9 Å². The maximum absolute atomic E-state index is 11.8. The number of hydrogen-bond donors (Lipinski definition) is 2. The molecule has 1 aliphatic rings. The summed E-state index contributed by atoms with van der Waals surface area (Å²) in [5, 5.41) is 0. The Kier molecular flexibility index (Phi) is 8.65. The molecule has 4 heteroatoms. The molecule has 4 nitrogen and oxygen atoms in total. The molecule has 124 valence electrons. The highest BCUT2D eigenvalue weighted by Gasteiger charge is 2.34. The van der Waals surface area contributed by atoms with Crippen LogP contribution in [0, 0.1) is 17.3 Å². The van der Waals surface area contributed by atoms with Crippen LogP contribution in [-0.4, -0.2) is 11.8 Å². The normalized spacial score (nSPS) is 17.1. The van der Waals surface area contributed by atoms with Crippen molar-refractivity contribution in [2.24, 2.45) is 16.9 Å². The van der Waals surface area contributed by atoms with Gasteiger partial charge in [0.25, 0.3) is 0 Å². The number of hydrogen-bond acceptors (Lipinski definition) is 2. The fourth-order valence-electron chi connectivity index (χ4n) is 3.04. The van der Waals surface area contributed by atoms with Crippen LogP contribution in [0.2, 0.25) is 0 Å². The summed E-state index contributed by atoms with van der Waals surface area (Å²) in [5.74, 6) is 5.94. The third-order valence-electron chi connectivity index (χ3n) is 4.48. The average Bonchev–Trinajstić information content (AvgIpc) is 2.72. The van der Waals surface area contributed by atoms with E-state index in [-0.39, 0.29) is 11.8 Å². The first kappa shape index (κ1) is 18.5. The van der Waals surface area contributed by atoms with Gasteiger partial charge in [0, 0.05) is 12.8 Å². The van der Waals surface area contributed by atoms with Gasteiger partial charge in [-0.2, -0.15) is 0 Å². The van der Waals surface area contributed by atoms with Crippen molar-refractivity contribution in [1.29, 1.82) is 0 Å². The first-order valence-corrected chi connectivity index (χ1v) is 8.65. The van der Waals surface area contributed by atoms with Crippen LogP contribution in [-0.2, 0) is 9.59 Å². The Labute approximate surface area is 134 Å². The van der Waals surface area contributed by atoms with Crippen LogP contribution in [0.3, 0.4) is 0 Å². The molecule has 0 aromatic rings. The molecule has 0 atom stereocenters. The number of nitrogens with two attached hydrogens (primary N) is 2. The number of carbonyl (C=O) groups is 2. The smallest absolute Gasteiger partial charge is 0.235 e. The summed E-state index contributed by atoms with van der Waals surface area (Å²) in [6.07, 6.45) is 12.6. The first-order chi connectivity index (χ1) is 10.6. The summed E-state index contributed by atoms with van der Waals surface area (Å²) in [6, 6.07) is 0. The zero-order valence-corrected chi connectivity index (χ0v) is 13.7. The Hall–Kier alpha value is -1.50. The van der Waals surface area contributed by atoms with Gasteiger partial charge in [-0.25, -0.2) is 0 Å². The topological polar surface area (TPSA) is 86.2 Å². The summed E-state index contributed by atoms with van der Waals surface area (Å²) >= 11 is 0. The SMILES string of the molecule is NC(=O)CCCCCCCC#CC1(C(N)=O)CCCCCC1. The van der Waals surface area contributed by atoms with E-state index in [2.05, 4.69) is 11.8 Å². The molecule has 1 aliphatic carbocycles. The quantitative estimate of drug-likeness (QED) is 0.410. The predicted octanol–water partition coefficient (Wildman–Crippen LogP) is 3.03. The molecule has 1 fully saturated rings. The second-order valence-corrected chi connectivity index (χ2v) is 6.40. The van der Waals surface area contributed by atoms with E-state index in [1.807, 2.05) is 0 Å². The number of rotatable bonds is 8. The van der Waals surface area contributed by atoms with Crippen molar-refractivity contribution in [2.75, 3.05) is 0 Å². The first-order valence-electron chi connectivity index (χ1n) is 8.65. The van der Waals surface area contributed by atoms with Gasteiger partial charge in [-0.05, 0) is 25.7 Å². The molecule has 0 aliphatic heterocycles. The van der Waals surface area contributed by atoms with Crippen LogP contribution in [0.1, 0.15) is 83.5 Å². The van der Waals surface area contributed by atoms with Crippen molar-refractivity contribution in [2.45, 2.75) is 83.5 Å². The fourth-order valence-corrected chi connectivity index (χ4v) is 3.04. The minimum absolute atomic E-state index is 0.217. The molecule has 0 radical (unpaired) electrons. The van der Waals surface area contributed by atoms with Crippen molar-refractivity contribution in [3.05, 3.63) is 0 Å². The molecule has 4 N–H and O–H groups in total. The maximum atomic E-state index is 11.8. The van der Waals surface area contributed by atoms with Gasteiger partial charge >= 0.3 is 0 Å². The van der Waals surface area contributed by atoms with Crippen molar-refractivity contribution in [3.63, 3.8) is 0 Å². The highest BCUT2D eigenvalue weighted by Crippen LogP contribution is 2.34. The van der Waals surface area contributed by atoms with Gasteiger partial charge in [-0.3, -0.25) is 9.59 Å². The van der Waals surface area contributed by atoms with Crippen LogP contribution < -0.4 is 11.5 Å². The lowest BCUT2D eigenvalue weighted by atomic mass is 9.80. The zero-order chi connectivity index (χ0) is 16.3. The molecule has 22 heavy (non-hydrogen) atoms. The lowest BCUT2D eigenvalue weighted by Gasteiger charge is -2.22. The summed E-state index contributed by atoms with van der Waals surface area (Å²) in [4.78, 5) is 22.4. The fraction of sp³-hybridized carbons (Fsp3) is 0.778. The van der Waals surface area contributed by atoms with E-state index in [4.69, 9.17) is 11.5 Å². The number of unbranched alkanes of at least 4 members (excludes halogenated alkanes) is 5. The van der Waals surface area contributed by atoms with Gasteiger partial charge in [0.05, 0.1) is 0 Å². The van der Waals surface area contributed by atoms with Crippen molar-refractivity contribution in [1.82, 2.24) is 0 Å². The number of amides is 2. The number of carbonyl (C=O) groups excluding carboxylic acids is 2. The second-order valence-electron chi connectivity index (χ2n) is 6.40. The van der Waals surface area contributed by atoms with Gasteiger partial charge in [0.1, 0.15) is 5.41 Å². The van der Waals surface area contributed by atoms with E-state index in [1.165, 1.54) is 12.8 Å². The van der Waals surface area contributed by atoms with Crippen molar-refractivity contribution < 1.29 is 9.59 Å². The third-order valence-corrected chi connectivity index (χ3v) is 4.48. The summed E-state index contributed by atoms with van der Waals surface area (Å²) in [5.41, 5.74) is 10.1. The molecule has 2 amide bonds. The molecule has 0 aromatic carbocycles. The Balaban J connectivity index is 2.26. The van der Waals surface area contributed by atoms with Crippen molar-refractivity contribution in [3.8, 4) is 11.8 Å². The minimum Gasteiger partial charge on any atom is -0.370 e. The molecule has 1 saturated carbocycles. The summed E-state index contributed by atoms with van der Waals surface area (Å²) in [7, 11) is 0. The Morgan fingerprint density at radius 3 is 2.05 bits per heavy atom. The van der Waals surface area contributed by atoms with Crippen molar-refractivity contribution >= 4 is 11.8 Å². The van der Waals surface area contributed by atoms with Gasteiger partial charge < -0.3 is 11.5 Å². The van der Waals surface area contributed by atoms with E-state index in [0.717, 1.165) is 64.2 Å². The standard InChI is InChI=1S/C18H30N2O2/c19-16(21)12-8-4-2-1-3-5-9-13-18(17(20)22)14-10-6-7-11-15-18/h1-8,10-12,14-15H2,(H2,19,21)(H2,20,22). The van der Waals surface area contributed by atoms with Gasteiger partial charge in [0.15, 0.2) is 0 Å². The molecule has 0 unspecified atom stereocenters. The van der Waals surface area contributed by atoms with Crippen LogP contribution >= 0.6 is 0 Å². The molecule has 1 rings (SSSR count). The van der Waals surface area contributed by atoms with E-state index < -0.39 is 5.41 Å². The minimum atomic E-state index is -0.571. The monoisotopic (exact) mass is 306 g/mol. The molecular formula is C18H30N2O2. The Bertz CT molecular complexity index is 413. The summed E-state index contributed by atoms with van der Waals surface area (Å²) in [6.45, 7) is 0. The predicted molar refractivity (Wildman–Crippen MR) is 88.6 cm³/mol. The van der Waals surface area contributed by atoms with E-state index in [1.54, 1.807) is 0 Å². The molecule has 0 bridgehead atoms. The van der Waals surface area contributed by atoms with Crippen LogP contribution in [0.5, 0.6) is 0 Å². The lowest BCUT2D eigenvalue weighted by Crippen LogP contribution is -2.35. The largest absolute Gasteiger partial charge is 0.370 e. The molecule has 0 heterocycles. The highest BCUT2D eigenvalue weighted by atomic mass is 16.1. The third kappa shape index (κ3) is 6.98. The molecule has 0 spiro atoms. The Morgan fingerprint density at radius 1 is 0.864 bits per heavy atom. The lowest BCUT2D eigenvalue weighted by molar-refractivity contribution is -0.125. The van der Waals surface area contributed by atoms with Gasteiger partial charge in [-0.15, -0.1) is 5.92 Å². The van der Waals surface area contributed by atoms with Gasteiger partial charge in [0.2, 0.25) is 11.8 Å². The Morgan fingerprint density at radius 2 is 1.45 bits per heavy atom. The van der Waals surface area contributed by atoms with E-state index >= 15 is 0 Å². The van der Waals surface area contributed by atoms with E-state index in [0.29, 0.717) is 6.42 Å². The second kappa shape index (κ2) is 10.3. The zero-order valence-electron chi connectivity index (χ0n) is 13.7. The maximum Gasteiger partial charge on any atom is 0.235 e. The average molecular weight is 306 g/mol. The highest BCUT2D eigenvalue weighted by molar-refractivity contribution is 5.84. The molecule has 0 saturated heterocycles. The van der Waals surface area contributed by atoms with E-state index in [9.17, 15) is 9.59 Å². The molecule has 0 aromatic heterocycles. The number of primary amides is 2. The molecular weight excluding hydrogens is 276 g/mol. The van der Waals surface area contributed by atoms with Crippen LogP contribution in [0.25, 0.3) is 0 Å². The summed E-state index contributed by atoms with van der Waals surface area (Å²) < 4.78 is 0. The van der Waals surface area contributed by atoms with Crippen LogP contribution in [0.15, 0.2) is 0 Å². The van der Waals surface area contributed by atoms with Crippen LogP contribution in [0.4, 0.5) is 0 Å².